The molecule has 3 rings (SSSR count). The Morgan fingerprint density at radius 2 is 2.26 bits per heavy atom. The van der Waals surface area contributed by atoms with Gasteiger partial charge in [-0.3, -0.25) is 4.98 Å². The molecule has 0 bridgehead atoms. The van der Waals surface area contributed by atoms with Crippen LogP contribution in [0.1, 0.15) is 15.9 Å². The van der Waals surface area contributed by atoms with Crippen LogP contribution in [0.25, 0.3) is 0 Å². The summed E-state index contributed by atoms with van der Waals surface area (Å²) in [6, 6.07) is 5.60. The number of carbonyl (C=O) groups is 1. The van der Waals surface area contributed by atoms with Crippen LogP contribution in [0.2, 0.25) is 0 Å². The summed E-state index contributed by atoms with van der Waals surface area (Å²) in [5.74, 6) is 0.521. The Balaban J connectivity index is 1.96. The normalized spacial score (nSPS) is 13.2. The fraction of sp³-hybridized carbons (Fsp3) is 0.214. The number of rotatable bonds is 2. The summed E-state index contributed by atoms with van der Waals surface area (Å²) >= 11 is 0. The van der Waals surface area contributed by atoms with Gasteiger partial charge in [-0.2, -0.15) is 0 Å². The molecule has 1 aromatic carbocycles. The van der Waals surface area contributed by atoms with Crippen LogP contribution in [-0.4, -0.2) is 29.6 Å². The van der Waals surface area contributed by atoms with Crippen LogP contribution in [0, 0.1) is 0 Å². The molecule has 0 aliphatic carbocycles. The van der Waals surface area contributed by atoms with Gasteiger partial charge in [0.25, 0.3) is 0 Å². The molecule has 0 N–H and O–H groups in total. The van der Waals surface area contributed by atoms with Gasteiger partial charge in [0.15, 0.2) is 5.82 Å². The molecular weight excluding hydrogens is 242 g/mol. The highest BCUT2D eigenvalue weighted by atomic mass is 16.5. The summed E-state index contributed by atoms with van der Waals surface area (Å²) in [7, 11) is 1.39. The zero-order valence-electron chi connectivity index (χ0n) is 10.5. The van der Waals surface area contributed by atoms with Gasteiger partial charge in [-0.05, 0) is 30.2 Å². The Kier molecular flexibility index (Phi) is 2.87. The number of hydrogen-bond donors (Lipinski definition) is 0. The van der Waals surface area contributed by atoms with Crippen molar-refractivity contribution in [2.24, 2.45) is 0 Å². The Bertz CT molecular complexity index is 613. The van der Waals surface area contributed by atoms with Gasteiger partial charge in [0.05, 0.1) is 18.9 Å². The zero-order valence-corrected chi connectivity index (χ0v) is 10.5. The van der Waals surface area contributed by atoms with Crippen molar-refractivity contribution in [1.82, 2.24) is 9.97 Å². The van der Waals surface area contributed by atoms with Crippen LogP contribution in [-0.2, 0) is 11.2 Å². The van der Waals surface area contributed by atoms with Crippen LogP contribution in [0.3, 0.4) is 0 Å². The van der Waals surface area contributed by atoms with E-state index in [1.165, 1.54) is 7.11 Å². The number of esters is 1. The molecule has 1 aliphatic rings. The highest BCUT2D eigenvalue weighted by Gasteiger charge is 2.22. The van der Waals surface area contributed by atoms with Crippen molar-refractivity contribution in [2.75, 3.05) is 18.6 Å². The standard InChI is InChI=1S/C14H13N3O2/c1-19-14(18)11-2-3-12-10(8-11)4-7-17(12)13-9-15-5-6-16-13/h2-3,5-6,8-9H,4,7H2,1H3. The molecule has 0 unspecified atom stereocenters. The number of methoxy groups -OCH3 is 1. The van der Waals surface area contributed by atoms with E-state index in [9.17, 15) is 4.79 Å². The topological polar surface area (TPSA) is 55.3 Å². The van der Waals surface area contributed by atoms with E-state index in [2.05, 4.69) is 14.9 Å². The SMILES string of the molecule is COC(=O)c1ccc2c(c1)CCN2c1cnccn1. The summed E-state index contributed by atoms with van der Waals surface area (Å²) in [6.07, 6.45) is 5.96. The Morgan fingerprint density at radius 1 is 1.37 bits per heavy atom. The Hall–Kier alpha value is -2.43. The molecule has 1 aromatic heterocycles. The number of hydrogen-bond acceptors (Lipinski definition) is 5. The van der Waals surface area contributed by atoms with Crippen molar-refractivity contribution in [3.63, 3.8) is 0 Å². The molecule has 5 heteroatoms. The lowest BCUT2D eigenvalue weighted by atomic mass is 10.1. The van der Waals surface area contributed by atoms with Crippen LogP contribution < -0.4 is 4.90 Å². The smallest absolute Gasteiger partial charge is 0.337 e. The van der Waals surface area contributed by atoms with Gasteiger partial charge >= 0.3 is 5.97 Å². The quantitative estimate of drug-likeness (QED) is 0.768. The maximum absolute atomic E-state index is 11.5. The summed E-state index contributed by atoms with van der Waals surface area (Å²) in [5.41, 5.74) is 2.80. The van der Waals surface area contributed by atoms with E-state index in [-0.39, 0.29) is 5.97 Å². The number of anilines is 2. The number of fused-ring (bicyclic) bond motifs is 1. The summed E-state index contributed by atoms with van der Waals surface area (Å²) < 4.78 is 4.73. The summed E-state index contributed by atoms with van der Waals surface area (Å²) in [5, 5.41) is 0. The first-order chi connectivity index (χ1) is 9.29. The first-order valence-corrected chi connectivity index (χ1v) is 6.04. The van der Waals surface area contributed by atoms with E-state index in [4.69, 9.17) is 4.74 Å². The molecule has 0 atom stereocenters. The predicted octanol–water partition coefficient (Wildman–Crippen LogP) is 1.96. The lowest BCUT2D eigenvalue weighted by molar-refractivity contribution is 0.0600. The average Bonchev–Trinajstić information content (AvgIpc) is 2.90. The molecule has 5 nitrogen and oxygen atoms in total. The molecule has 0 amide bonds. The fourth-order valence-electron chi connectivity index (χ4n) is 2.32. The third kappa shape index (κ3) is 2.03. The number of ether oxygens (including phenoxy) is 1. The summed E-state index contributed by atoms with van der Waals surface area (Å²) in [4.78, 5) is 22.0. The maximum atomic E-state index is 11.5. The number of benzene rings is 1. The second-order valence-electron chi connectivity index (χ2n) is 4.30. The minimum Gasteiger partial charge on any atom is -0.465 e. The largest absolute Gasteiger partial charge is 0.465 e. The van der Waals surface area contributed by atoms with Crippen molar-refractivity contribution in [2.45, 2.75) is 6.42 Å². The molecule has 0 saturated heterocycles. The highest BCUT2D eigenvalue weighted by molar-refractivity contribution is 5.90. The van der Waals surface area contributed by atoms with E-state index < -0.39 is 0 Å². The Morgan fingerprint density at radius 3 is 3.00 bits per heavy atom. The molecular formula is C14H13N3O2. The second-order valence-corrected chi connectivity index (χ2v) is 4.30. The second kappa shape index (κ2) is 4.68. The van der Waals surface area contributed by atoms with E-state index in [1.807, 2.05) is 12.1 Å². The molecule has 0 radical (unpaired) electrons. The monoisotopic (exact) mass is 255 g/mol. The van der Waals surface area contributed by atoms with Crippen molar-refractivity contribution >= 4 is 17.5 Å². The minimum absolute atomic E-state index is 0.305. The Labute approximate surface area is 110 Å². The molecule has 2 aromatic rings. The fourth-order valence-corrected chi connectivity index (χ4v) is 2.32. The van der Waals surface area contributed by atoms with Crippen molar-refractivity contribution < 1.29 is 9.53 Å². The lowest BCUT2D eigenvalue weighted by Crippen LogP contribution is -2.14. The van der Waals surface area contributed by atoms with Crippen LogP contribution in [0.15, 0.2) is 36.8 Å². The van der Waals surface area contributed by atoms with Gasteiger partial charge in [0, 0.05) is 24.6 Å². The molecule has 0 saturated carbocycles. The third-order valence-electron chi connectivity index (χ3n) is 3.22. The van der Waals surface area contributed by atoms with Crippen LogP contribution in [0.5, 0.6) is 0 Å². The molecule has 96 valence electrons. The van der Waals surface area contributed by atoms with Gasteiger partial charge < -0.3 is 9.64 Å². The third-order valence-corrected chi connectivity index (χ3v) is 3.22. The highest BCUT2D eigenvalue weighted by Crippen LogP contribution is 2.33. The van der Waals surface area contributed by atoms with E-state index in [0.29, 0.717) is 5.56 Å². The lowest BCUT2D eigenvalue weighted by Gasteiger charge is -2.17. The first-order valence-electron chi connectivity index (χ1n) is 6.04. The van der Waals surface area contributed by atoms with E-state index in [1.54, 1.807) is 24.7 Å². The van der Waals surface area contributed by atoms with Gasteiger partial charge in [0.1, 0.15) is 0 Å². The van der Waals surface area contributed by atoms with Crippen molar-refractivity contribution in [1.29, 1.82) is 0 Å². The minimum atomic E-state index is -0.305. The van der Waals surface area contributed by atoms with E-state index in [0.717, 1.165) is 30.0 Å². The molecule has 2 heterocycles. The number of aromatic nitrogens is 2. The van der Waals surface area contributed by atoms with Crippen LogP contribution in [0.4, 0.5) is 11.5 Å². The molecule has 19 heavy (non-hydrogen) atoms. The molecule has 1 aliphatic heterocycles. The molecule has 0 fully saturated rings. The predicted molar refractivity (Wildman–Crippen MR) is 70.5 cm³/mol. The van der Waals surface area contributed by atoms with Gasteiger partial charge in [-0.1, -0.05) is 0 Å². The maximum Gasteiger partial charge on any atom is 0.337 e. The van der Waals surface area contributed by atoms with Gasteiger partial charge in [0.2, 0.25) is 0 Å². The zero-order chi connectivity index (χ0) is 13.2. The van der Waals surface area contributed by atoms with Gasteiger partial charge in [-0.15, -0.1) is 0 Å². The number of nitrogens with zero attached hydrogens (tertiary/aromatic N) is 3. The van der Waals surface area contributed by atoms with E-state index >= 15 is 0 Å². The average molecular weight is 255 g/mol. The summed E-state index contributed by atoms with van der Waals surface area (Å²) in [6.45, 7) is 0.846. The molecule has 0 spiro atoms. The number of carbonyl (C=O) groups excluding carboxylic acids is 1. The first kappa shape index (κ1) is 11.6. The van der Waals surface area contributed by atoms with Crippen molar-refractivity contribution in [3.05, 3.63) is 47.9 Å². The van der Waals surface area contributed by atoms with Crippen LogP contribution >= 0.6 is 0 Å². The van der Waals surface area contributed by atoms with Gasteiger partial charge in [-0.25, -0.2) is 9.78 Å². The van der Waals surface area contributed by atoms with Crippen molar-refractivity contribution in [3.8, 4) is 0 Å².